The van der Waals surface area contributed by atoms with Crippen molar-refractivity contribution in [2.24, 2.45) is 0 Å². The highest BCUT2D eigenvalue weighted by atomic mass is 32.2. The lowest BCUT2D eigenvalue weighted by atomic mass is 9.75. The van der Waals surface area contributed by atoms with E-state index in [0.717, 1.165) is 33.8 Å². The highest BCUT2D eigenvalue weighted by Crippen LogP contribution is 2.57. The van der Waals surface area contributed by atoms with Gasteiger partial charge in [0.1, 0.15) is 29.0 Å². The minimum atomic E-state index is -0.857. The van der Waals surface area contributed by atoms with E-state index in [4.69, 9.17) is 9.47 Å². The number of carbonyl (C=O) groups is 1. The average molecular weight is 633 g/mol. The lowest BCUT2D eigenvalue weighted by Gasteiger charge is -2.49. The van der Waals surface area contributed by atoms with Gasteiger partial charge < -0.3 is 14.4 Å². The molecule has 2 fully saturated rings. The van der Waals surface area contributed by atoms with Crippen molar-refractivity contribution >= 4 is 17.7 Å². The predicted molar refractivity (Wildman–Crippen MR) is 178 cm³/mol. The van der Waals surface area contributed by atoms with Crippen molar-refractivity contribution in [1.82, 2.24) is 30.4 Å². The van der Waals surface area contributed by atoms with E-state index >= 15 is 0 Å². The molecule has 0 radical (unpaired) electrons. The van der Waals surface area contributed by atoms with Gasteiger partial charge in [0.15, 0.2) is 5.82 Å². The minimum absolute atomic E-state index is 0.0182. The molecule has 5 aromatic rings. The molecule has 0 aliphatic carbocycles. The van der Waals surface area contributed by atoms with E-state index in [-0.39, 0.29) is 22.1 Å². The number of tetrazole rings is 1. The van der Waals surface area contributed by atoms with Crippen molar-refractivity contribution in [1.29, 1.82) is 0 Å². The third-order valence-corrected chi connectivity index (χ3v) is 10.6. The van der Waals surface area contributed by atoms with Crippen LogP contribution in [-0.2, 0) is 16.9 Å². The molecule has 1 aromatic heterocycles. The van der Waals surface area contributed by atoms with Crippen molar-refractivity contribution in [2.45, 2.75) is 48.1 Å². The Kier molecular flexibility index (Phi) is 7.78. The molecule has 2 aliphatic rings. The summed E-state index contributed by atoms with van der Waals surface area (Å²) in [5.74, 6) is 2.23. The molecular weight excluding hydrogens is 597 g/mol. The number of fused-ring (bicyclic) bond motifs is 1. The van der Waals surface area contributed by atoms with Gasteiger partial charge >= 0.3 is 0 Å². The highest BCUT2D eigenvalue weighted by molar-refractivity contribution is 8.01. The second kappa shape index (κ2) is 11.9. The Morgan fingerprint density at radius 3 is 1.91 bits per heavy atom. The van der Waals surface area contributed by atoms with Crippen LogP contribution in [0.15, 0.2) is 109 Å². The molecule has 4 aromatic carbocycles. The number of methoxy groups -OCH3 is 2. The molecule has 10 heteroatoms. The summed E-state index contributed by atoms with van der Waals surface area (Å²) in [6.45, 7) is 4.87. The summed E-state index contributed by atoms with van der Waals surface area (Å²) in [6, 6.07) is 35.7. The quantitative estimate of drug-likeness (QED) is 0.161. The third-order valence-electron chi connectivity index (χ3n) is 9.05. The van der Waals surface area contributed by atoms with E-state index in [0.29, 0.717) is 12.4 Å². The van der Waals surface area contributed by atoms with Gasteiger partial charge in [-0.3, -0.25) is 10.1 Å². The van der Waals surface area contributed by atoms with E-state index in [1.165, 1.54) is 0 Å². The Bertz CT molecular complexity index is 1770. The molecule has 2 aliphatic heterocycles. The molecule has 0 saturated carbocycles. The molecule has 0 spiro atoms. The lowest BCUT2D eigenvalue weighted by molar-refractivity contribution is -0.150. The van der Waals surface area contributed by atoms with Crippen molar-refractivity contribution in [3.05, 3.63) is 137 Å². The number of ether oxygens (including phenoxy) is 2. The summed E-state index contributed by atoms with van der Waals surface area (Å²) >= 11 is 1.78. The molecule has 3 heterocycles. The van der Waals surface area contributed by atoms with Crippen LogP contribution in [0.5, 0.6) is 11.5 Å². The van der Waals surface area contributed by atoms with E-state index in [9.17, 15) is 4.79 Å². The summed E-state index contributed by atoms with van der Waals surface area (Å²) in [6.07, 6.45) is 0. The zero-order valence-electron chi connectivity index (χ0n) is 26.2. The van der Waals surface area contributed by atoms with Gasteiger partial charge in [-0.1, -0.05) is 84.9 Å². The Hall–Kier alpha value is -4.67. The first-order valence-corrected chi connectivity index (χ1v) is 16.2. The third kappa shape index (κ3) is 5.02. The van der Waals surface area contributed by atoms with Crippen LogP contribution in [0.2, 0.25) is 0 Å². The summed E-state index contributed by atoms with van der Waals surface area (Å²) in [4.78, 5) is 16.4. The number of β-lactam (4-membered cyclic amide) rings is 1. The average Bonchev–Trinajstić information content (AvgIpc) is 3.64. The van der Waals surface area contributed by atoms with Crippen LogP contribution in [-0.4, -0.2) is 61.4 Å². The molecular formula is C36H36N6O3S. The van der Waals surface area contributed by atoms with Crippen molar-refractivity contribution in [2.75, 3.05) is 14.2 Å². The van der Waals surface area contributed by atoms with Gasteiger partial charge in [-0.15, -0.1) is 16.9 Å². The van der Waals surface area contributed by atoms with E-state index in [2.05, 4.69) is 83.2 Å². The van der Waals surface area contributed by atoms with Crippen molar-refractivity contribution in [3.63, 3.8) is 0 Å². The summed E-state index contributed by atoms with van der Waals surface area (Å²) in [5, 5.41) is 16.6. The first-order valence-electron chi connectivity index (χ1n) is 15.3. The number of nitrogens with one attached hydrogen (secondary N) is 1. The Labute approximate surface area is 272 Å². The van der Waals surface area contributed by atoms with Gasteiger partial charge in [0.25, 0.3) is 0 Å². The lowest BCUT2D eigenvalue weighted by Crippen LogP contribution is -2.70. The number of aromatic nitrogens is 4. The Morgan fingerprint density at radius 2 is 1.35 bits per heavy atom. The first-order chi connectivity index (χ1) is 22.4. The van der Waals surface area contributed by atoms with E-state index < -0.39 is 11.6 Å². The van der Waals surface area contributed by atoms with Crippen LogP contribution in [0.1, 0.15) is 48.0 Å². The van der Waals surface area contributed by atoms with Gasteiger partial charge in [-0.25, -0.2) is 4.68 Å². The van der Waals surface area contributed by atoms with Crippen LogP contribution in [0.25, 0.3) is 0 Å². The largest absolute Gasteiger partial charge is 0.497 e. The number of rotatable bonds is 10. The van der Waals surface area contributed by atoms with Crippen LogP contribution in [0.4, 0.5) is 0 Å². The fourth-order valence-corrected chi connectivity index (χ4v) is 8.42. The first kappa shape index (κ1) is 30.0. The Balaban J connectivity index is 1.29. The van der Waals surface area contributed by atoms with Crippen LogP contribution >= 0.6 is 11.8 Å². The van der Waals surface area contributed by atoms with Gasteiger partial charge in [0, 0.05) is 4.75 Å². The minimum Gasteiger partial charge on any atom is -0.497 e. The molecule has 0 bridgehead atoms. The molecule has 9 nitrogen and oxygen atoms in total. The van der Waals surface area contributed by atoms with Crippen molar-refractivity contribution < 1.29 is 14.3 Å². The number of carbonyl (C=O) groups excluding carboxylic acids is 1. The maximum atomic E-state index is 14.4. The summed E-state index contributed by atoms with van der Waals surface area (Å²) in [7, 11) is 3.32. The molecule has 1 amide bonds. The molecule has 7 rings (SSSR count). The zero-order valence-corrected chi connectivity index (χ0v) is 27.0. The second-order valence-corrected chi connectivity index (χ2v) is 13.9. The molecule has 2 saturated heterocycles. The monoisotopic (exact) mass is 632 g/mol. The SMILES string of the molecule is COc1ccc(C(NC2C(=O)N3C(c4nnnn4Cc4ccccc4)C(C)(C)S[C@H]23)(c2ccccc2)c2ccc(OC)cc2)cc1. The maximum absolute atomic E-state index is 14.4. The fraction of sp³-hybridized carbons (Fsp3) is 0.278. The Morgan fingerprint density at radius 1 is 0.804 bits per heavy atom. The fourth-order valence-electron chi connectivity index (χ4n) is 6.79. The molecule has 3 atom stereocenters. The second-order valence-electron chi connectivity index (χ2n) is 12.1. The standard InChI is InChI=1S/C36H36N6O3S/c1-35(2)31(32-38-39-40-41(32)23-24-11-7-5-8-12-24)42-33(43)30(34(42)46-35)37-36(25-13-9-6-10-14-25,26-15-19-28(44-3)20-16-26)27-17-21-29(45-4)22-18-27/h5-22,30-31,34,37H,23H2,1-4H3/t30?,31?,34-/m1/s1. The van der Waals surface area contributed by atoms with E-state index in [1.54, 1.807) is 26.0 Å². The normalized spacial score (nSPS) is 20.2. The van der Waals surface area contributed by atoms with Gasteiger partial charge in [0.05, 0.1) is 26.3 Å². The smallest absolute Gasteiger partial charge is 0.244 e. The summed E-state index contributed by atoms with van der Waals surface area (Å²) in [5.41, 5.74) is 3.23. The highest BCUT2D eigenvalue weighted by Gasteiger charge is 2.64. The van der Waals surface area contributed by atoms with Crippen LogP contribution in [0, 0.1) is 0 Å². The molecule has 46 heavy (non-hydrogen) atoms. The zero-order chi connectivity index (χ0) is 31.9. The number of nitrogens with zero attached hydrogens (tertiary/aromatic N) is 5. The van der Waals surface area contributed by atoms with Crippen LogP contribution < -0.4 is 14.8 Å². The van der Waals surface area contributed by atoms with E-state index in [1.807, 2.05) is 70.2 Å². The van der Waals surface area contributed by atoms with Crippen LogP contribution in [0.3, 0.4) is 0 Å². The number of amides is 1. The maximum Gasteiger partial charge on any atom is 0.244 e. The number of thioether (sulfide) groups is 1. The van der Waals surface area contributed by atoms with Crippen molar-refractivity contribution in [3.8, 4) is 11.5 Å². The van der Waals surface area contributed by atoms with Gasteiger partial charge in [0.2, 0.25) is 5.91 Å². The summed E-state index contributed by atoms with van der Waals surface area (Å²) < 4.78 is 12.5. The number of hydrogen-bond donors (Lipinski definition) is 1. The molecule has 2 unspecified atom stereocenters. The topological polar surface area (TPSA) is 94.4 Å². The number of benzene rings is 4. The predicted octanol–water partition coefficient (Wildman–Crippen LogP) is 5.42. The van der Waals surface area contributed by atoms with Gasteiger partial charge in [-0.05, 0) is 70.8 Å². The molecule has 1 N–H and O–H groups in total. The van der Waals surface area contributed by atoms with Gasteiger partial charge in [-0.2, -0.15) is 0 Å². The molecule has 234 valence electrons. The number of hydrogen-bond acceptors (Lipinski definition) is 8.